The van der Waals surface area contributed by atoms with Gasteiger partial charge in [0.1, 0.15) is 0 Å². The van der Waals surface area contributed by atoms with E-state index >= 15 is 0 Å². The fourth-order valence-corrected chi connectivity index (χ4v) is 0.870. The minimum Gasteiger partial charge on any atom is -0.342 e. The quantitative estimate of drug-likeness (QED) is 0.485. The van der Waals surface area contributed by atoms with E-state index in [1.165, 1.54) is 0 Å². The molecule has 0 radical (unpaired) electrons. The molecule has 0 aromatic heterocycles. The Kier molecular flexibility index (Phi) is 5.81. The second kappa shape index (κ2) is 6.48. The van der Waals surface area contributed by atoms with Gasteiger partial charge in [-0.05, 0) is 6.42 Å². The molecule has 0 aliphatic rings. The first-order valence-electron chi connectivity index (χ1n) is 4.11. The van der Waals surface area contributed by atoms with Gasteiger partial charge in [0.05, 0.1) is 6.04 Å². The topological polar surface area (TPSA) is 29.1 Å². The number of nitrogens with one attached hydrogen (secondary N) is 1. The van der Waals surface area contributed by atoms with Crippen molar-refractivity contribution in [2.45, 2.75) is 32.2 Å². The van der Waals surface area contributed by atoms with Gasteiger partial charge in [0.2, 0.25) is 5.91 Å². The maximum Gasteiger partial charge on any atom is 0.224 e. The van der Waals surface area contributed by atoms with Crippen LogP contribution in [0, 0.1) is 12.3 Å². The molecule has 0 bridgehead atoms. The third kappa shape index (κ3) is 4.56. The van der Waals surface area contributed by atoms with Crippen LogP contribution in [0.2, 0.25) is 0 Å². The zero-order valence-corrected chi connectivity index (χ0v) is 7.47. The highest BCUT2D eigenvalue weighted by molar-refractivity contribution is 5.77. The van der Waals surface area contributed by atoms with Crippen molar-refractivity contribution < 1.29 is 4.79 Å². The van der Waals surface area contributed by atoms with Crippen LogP contribution in [0.5, 0.6) is 0 Å². The molecule has 0 spiro atoms. The van der Waals surface area contributed by atoms with Crippen LogP contribution in [-0.2, 0) is 4.79 Å². The fraction of sp³-hybridized carbons (Fsp3) is 0.500. The van der Waals surface area contributed by atoms with Crippen molar-refractivity contribution in [2.24, 2.45) is 0 Å². The van der Waals surface area contributed by atoms with Gasteiger partial charge in [-0.3, -0.25) is 4.79 Å². The van der Waals surface area contributed by atoms with E-state index in [4.69, 9.17) is 6.42 Å². The molecular weight excluding hydrogens is 150 g/mol. The van der Waals surface area contributed by atoms with Gasteiger partial charge in [-0.2, -0.15) is 0 Å². The summed E-state index contributed by atoms with van der Waals surface area (Å²) < 4.78 is 0. The summed E-state index contributed by atoms with van der Waals surface area (Å²) in [5, 5.41) is 2.72. The lowest BCUT2D eigenvalue weighted by Crippen LogP contribution is -2.33. The molecule has 66 valence electrons. The van der Waals surface area contributed by atoms with Crippen LogP contribution in [-0.4, -0.2) is 11.9 Å². The zero-order valence-electron chi connectivity index (χ0n) is 7.47. The highest BCUT2D eigenvalue weighted by atomic mass is 16.1. The lowest BCUT2D eigenvalue weighted by Gasteiger charge is -2.10. The van der Waals surface area contributed by atoms with Crippen molar-refractivity contribution in [1.29, 1.82) is 0 Å². The number of hydrogen-bond acceptors (Lipinski definition) is 1. The summed E-state index contributed by atoms with van der Waals surface area (Å²) in [6.45, 7) is 5.50. The predicted octanol–water partition coefficient (Wildman–Crippen LogP) is 1.48. The van der Waals surface area contributed by atoms with Gasteiger partial charge in [-0.1, -0.05) is 25.3 Å². The first kappa shape index (κ1) is 10.8. The second-order valence-electron chi connectivity index (χ2n) is 2.57. The second-order valence-corrected chi connectivity index (χ2v) is 2.57. The summed E-state index contributed by atoms with van der Waals surface area (Å²) in [5.74, 6) is 2.47. The maximum atomic E-state index is 11.0. The molecule has 12 heavy (non-hydrogen) atoms. The normalized spacial score (nSPS) is 11.3. The van der Waals surface area contributed by atoms with Gasteiger partial charge in [0.25, 0.3) is 0 Å². The standard InChI is InChI=1S/C10H15NO/c1-4-7-9(6-3)11-10(12)8-5-2/h3,5,9H,2,4,7-8H2,1H3,(H,11,12). The average Bonchev–Trinajstić information content (AvgIpc) is 2.04. The molecule has 0 aromatic carbocycles. The molecule has 0 fully saturated rings. The van der Waals surface area contributed by atoms with Crippen LogP contribution in [0.1, 0.15) is 26.2 Å². The van der Waals surface area contributed by atoms with E-state index in [9.17, 15) is 4.79 Å². The molecule has 0 aromatic rings. The van der Waals surface area contributed by atoms with E-state index in [1.807, 2.05) is 6.92 Å². The number of amides is 1. The van der Waals surface area contributed by atoms with Gasteiger partial charge >= 0.3 is 0 Å². The van der Waals surface area contributed by atoms with E-state index in [0.29, 0.717) is 6.42 Å². The van der Waals surface area contributed by atoms with Gasteiger partial charge < -0.3 is 5.32 Å². The minimum atomic E-state index is -0.123. The van der Waals surface area contributed by atoms with Gasteiger partial charge in [-0.25, -0.2) is 0 Å². The molecule has 2 heteroatoms. The molecule has 0 aliphatic heterocycles. The van der Waals surface area contributed by atoms with Crippen LogP contribution < -0.4 is 5.32 Å². The number of carbonyl (C=O) groups is 1. The number of rotatable bonds is 5. The molecule has 0 saturated heterocycles. The highest BCUT2D eigenvalue weighted by Crippen LogP contribution is 1.95. The van der Waals surface area contributed by atoms with Crippen LogP contribution in [0.3, 0.4) is 0 Å². The van der Waals surface area contributed by atoms with Crippen molar-refractivity contribution in [3.63, 3.8) is 0 Å². The highest BCUT2D eigenvalue weighted by Gasteiger charge is 2.05. The SMILES string of the molecule is C#CC(CCC)NC(=O)CC=C. The zero-order chi connectivity index (χ0) is 9.40. The molecule has 0 aliphatic carbocycles. The molecule has 0 heterocycles. The van der Waals surface area contributed by atoms with Crippen molar-refractivity contribution in [3.8, 4) is 12.3 Å². The lowest BCUT2D eigenvalue weighted by atomic mass is 10.2. The molecule has 1 amide bonds. The first-order chi connectivity index (χ1) is 5.74. The Hall–Kier alpha value is -1.23. The van der Waals surface area contributed by atoms with Gasteiger partial charge in [-0.15, -0.1) is 13.0 Å². The molecule has 1 atom stereocenters. The van der Waals surface area contributed by atoms with Crippen molar-refractivity contribution >= 4 is 5.91 Å². The smallest absolute Gasteiger partial charge is 0.224 e. The van der Waals surface area contributed by atoms with Crippen LogP contribution in [0.4, 0.5) is 0 Å². The Morgan fingerprint density at radius 2 is 2.50 bits per heavy atom. The summed E-state index contributed by atoms with van der Waals surface area (Å²) in [7, 11) is 0. The molecule has 2 nitrogen and oxygen atoms in total. The Morgan fingerprint density at radius 1 is 1.83 bits per heavy atom. The monoisotopic (exact) mass is 165 g/mol. The van der Waals surface area contributed by atoms with E-state index in [-0.39, 0.29) is 11.9 Å². The average molecular weight is 165 g/mol. The van der Waals surface area contributed by atoms with Gasteiger partial charge in [0.15, 0.2) is 0 Å². The number of carbonyl (C=O) groups excluding carboxylic acids is 1. The largest absolute Gasteiger partial charge is 0.342 e. The van der Waals surface area contributed by atoms with E-state index in [2.05, 4.69) is 17.8 Å². The Bertz CT molecular complexity index is 191. The van der Waals surface area contributed by atoms with Crippen molar-refractivity contribution in [2.75, 3.05) is 0 Å². The first-order valence-corrected chi connectivity index (χ1v) is 4.11. The molecular formula is C10H15NO. The predicted molar refractivity (Wildman–Crippen MR) is 50.5 cm³/mol. The summed E-state index contributed by atoms with van der Waals surface area (Å²) in [6.07, 6.45) is 8.92. The Morgan fingerprint density at radius 3 is 2.92 bits per heavy atom. The Labute approximate surface area is 74.0 Å². The number of terminal acetylenes is 1. The van der Waals surface area contributed by atoms with E-state index < -0.39 is 0 Å². The number of hydrogen-bond donors (Lipinski definition) is 1. The van der Waals surface area contributed by atoms with Crippen LogP contribution in [0.25, 0.3) is 0 Å². The van der Waals surface area contributed by atoms with Gasteiger partial charge in [0, 0.05) is 6.42 Å². The molecule has 0 rings (SSSR count). The fourth-order valence-electron chi connectivity index (χ4n) is 0.870. The molecule has 0 saturated carbocycles. The summed E-state index contributed by atoms with van der Waals surface area (Å²) in [5.41, 5.74) is 0. The summed E-state index contributed by atoms with van der Waals surface area (Å²) >= 11 is 0. The maximum absolute atomic E-state index is 11.0. The van der Waals surface area contributed by atoms with E-state index in [0.717, 1.165) is 12.8 Å². The van der Waals surface area contributed by atoms with Crippen molar-refractivity contribution in [3.05, 3.63) is 12.7 Å². The minimum absolute atomic E-state index is 0.0543. The summed E-state index contributed by atoms with van der Waals surface area (Å²) in [4.78, 5) is 11.0. The summed E-state index contributed by atoms with van der Waals surface area (Å²) in [6, 6.07) is -0.123. The molecule has 1 N–H and O–H groups in total. The Balaban J connectivity index is 3.78. The third-order valence-corrected chi connectivity index (χ3v) is 1.44. The molecule has 1 unspecified atom stereocenters. The van der Waals surface area contributed by atoms with E-state index in [1.54, 1.807) is 6.08 Å². The van der Waals surface area contributed by atoms with Crippen molar-refractivity contribution in [1.82, 2.24) is 5.32 Å². The third-order valence-electron chi connectivity index (χ3n) is 1.44. The van der Waals surface area contributed by atoms with Crippen LogP contribution in [0.15, 0.2) is 12.7 Å². The van der Waals surface area contributed by atoms with Crippen LogP contribution >= 0.6 is 0 Å². The lowest BCUT2D eigenvalue weighted by molar-refractivity contribution is -0.120.